The first-order valence-corrected chi connectivity index (χ1v) is 32.6. The smallest absolute Gasteiger partial charge is 0.139 e. The maximum Gasteiger partial charge on any atom is 0.139 e. The number of rotatable bonds is 9. The highest BCUT2D eigenvalue weighted by atomic mass is 32.3. The number of fused-ring (bicyclic) bond motifs is 9. The van der Waals surface area contributed by atoms with Crippen molar-refractivity contribution in [2.45, 2.75) is 19.6 Å². The Kier molecular flexibility index (Phi) is 13.1. The van der Waals surface area contributed by atoms with Crippen molar-refractivity contribution in [3.8, 4) is 44.8 Å². The van der Waals surface area contributed by atoms with Crippen molar-refractivity contribution in [1.82, 2.24) is 9.13 Å². The minimum atomic E-state index is -2.17. The first-order valence-electron chi connectivity index (χ1n) is 30.2. The molecule has 0 fully saturated rings. The molecule has 0 spiro atoms. The number of hydrogen-bond donors (Lipinski definition) is 0. The molecule has 0 saturated heterocycles. The number of benzene rings is 12. The fourth-order valence-corrected chi connectivity index (χ4v) is 19.9. The van der Waals surface area contributed by atoms with Gasteiger partial charge in [0.1, 0.15) is 78.5 Å². The molecule has 2 nitrogen and oxygen atoms in total. The molecule has 0 radical (unpaired) electrons. The molecule has 3 heterocycles. The molecule has 14 heteroatoms. The minimum Gasteiger partial charge on any atom is -0.309 e. The molecule has 0 aliphatic heterocycles. The molecule has 15 aromatic rings. The van der Waals surface area contributed by atoms with Crippen molar-refractivity contribution in [2.75, 3.05) is 0 Å². The van der Waals surface area contributed by atoms with Crippen LogP contribution in [0, 0.1) is 0 Å². The van der Waals surface area contributed by atoms with E-state index in [1.165, 1.54) is 177 Å². The van der Waals surface area contributed by atoms with Crippen molar-refractivity contribution < 1.29 is 0 Å². The number of aromatic nitrogens is 2. The molecule has 86 heavy (non-hydrogen) atoms. The van der Waals surface area contributed by atoms with Gasteiger partial charge in [-0.2, -0.15) is 0 Å². The quantitative estimate of drug-likeness (QED) is 0.197. The second kappa shape index (κ2) is 20.9. The Bertz CT molecular complexity index is 5060. The van der Waals surface area contributed by atoms with Crippen LogP contribution in [0.5, 0.6) is 0 Å². The van der Waals surface area contributed by atoms with Crippen LogP contribution in [-0.4, -0.2) is 87.6 Å². The Labute approximate surface area is 518 Å². The van der Waals surface area contributed by atoms with Crippen LogP contribution in [0.3, 0.4) is 0 Å². The van der Waals surface area contributed by atoms with Gasteiger partial charge in [0.15, 0.2) is 0 Å². The normalized spacial score (nSPS) is 12.1. The molecule has 398 valence electrons. The average molecular weight is 1120 g/mol. The fourth-order valence-electron chi connectivity index (χ4n) is 14.7. The molecule has 0 saturated carbocycles. The van der Waals surface area contributed by atoms with Gasteiger partial charge in [-0.25, -0.2) is 0 Å². The Morgan fingerprint density at radius 2 is 0.686 bits per heavy atom. The molecule has 0 N–H and O–H groups in total. The predicted molar refractivity (Wildman–Crippen MR) is 406 cm³/mol. The molecular weight excluding hydrogens is 1070 g/mol. The third-order valence-electron chi connectivity index (χ3n) is 19.8. The predicted octanol–water partition coefficient (Wildman–Crippen LogP) is 3.17. The molecule has 0 aliphatic rings. The third-order valence-corrected chi connectivity index (χ3v) is 24.9. The lowest BCUT2D eigenvalue weighted by molar-refractivity contribution is 1.16. The first-order chi connectivity index (χ1) is 41.9. The number of nitrogens with zero attached hydrogens (tertiary/aromatic N) is 2. The minimum absolute atomic E-state index is 1.13. The summed E-state index contributed by atoms with van der Waals surface area (Å²) in [7, 11) is 21.3. The molecule has 0 aliphatic carbocycles. The first kappa shape index (κ1) is 54.1. The Balaban J connectivity index is 1.11. The van der Waals surface area contributed by atoms with Gasteiger partial charge in [-0.15, -0.1) is 54.1 Å². The molecule has 0 bridgehead atoms. The van der Waals surface area contributed by atoms with E-state index in [0.29, 0.717) is 0 Å². The van der Waals surface area contributed by atoms with Gasteiger partial charge in [-0.3, -0.25) is 0 Å². The molecule has 0 atom stereocenters. The largest absolute Gasteiger partial charge is 0.309 e. The van der Waals surface area contributed by atoms with Crippen LogP contribution in [0.15, 0.2) is 250 Å². The van der Waals surface area contributed by atoms with E-state index in [2.05, 4.69) is 318 Å². The van der Waals surface area contributed by atoms with Gasteiger partial charge < -0.3 is 9.13 Å². The Morgan fingerprint density at radius 1 is 0.279 bits per heavy atom. The van der Waals surface area contributed by atoms with Gasteiger partial charge in [-0.05, 0) is 96.1 Å². The van der Waals surface area contributed by atoms with E-state index >= 15 is 0 Å². The van der Waals surface area contributed by atoms with Crippen molar-refractivity contribution in [1.29, 1.82) is 0 Å². The summed E-state index contributed by atoms with van der Waals surface area (Å²) in [5.74, 6) is 0. The van der Waals surface area contributed by atoms with Gasteiger partial charge in [0.25, 0.3) is 0 Å². The zero-order valence-electron chi connectivity index (χ0n) is 50.7. The molecule has 3 aromatic heterocycles. The molecule has 0 amide bonds. The Morgan fingerprint density at radius 3 is 1.22 bits per heavy atom. The van der Waals surface area contributed by atoms with Gasteiger partial charge in [-0.1, -0.05) is 167 Å². The maximum absolute atomic E-state index is 2.67. The third kappa shape index (κ3) is 7.95. The van der Waals surface area contributed by atoms with E-state index in [0.717, 1.165) is 5.69 Å². The van der Waals surface area contributed by atoms with Crippen LogP contribution in [-0.2, 0) is 0 Å². The lowest BCUT2D eigenvalue weighted by Crippen LogP contribution is -2.55. The highest BCUT2D eigenvalue weighted by Gasteiger charge is 2.37. The van der Waals surface area contributed by atoms with Crippen molar-refractivity contribution in [3.63, 3.8) is 0 Å². The maximum atomic E-state index is 2.67. The summed E-state index contributed by atoms with van der Waals surface area (Å²) in [4.78, 5) is 5.20. The van der Waals surface area contributed by atoms with Gasteiger partial charge in [0.05, 0.1) is 27.8 Å². The van der Waals surface area contributed by atoms with Gasteiger partial charge >= 0.3 is 0 Å². The van der Waals surface area contributed by atoms with Crippen LogP contribution >= 0.6 is 21.4 Å². The highest BCUT2D eigenvalue weighted by molar-refractivity contribution is 8.34. The van der Waals surface area contributed by atoms with Gasteiger partial charge in [0.2, 0.25) is 0 Å². The number of para-hydroxylation sites is 3. The summed E-state index contributed by atoms with van der Waals surface area (Å²) >= 11 is 1.90. The number of thiophene rings is 1. The summed E-state index contributed by atoms with van der Waals surface area (Å²) in [5.41, 5.74) is 28.0. The van der Waals surface area contributed by atoms with Crippen LogP contribution in [0.4, 0.5) is 0 Å². The highest BCUT2D eigenvalue weighted by Crippen LogP contribution is 2.74. The zero-order chi connectivity index (χ0) is 58.9. The zero-order valence-corrected chi connectivity index (χ0v) is 52.3. The van der Waals surface area contributed by atoms with E-state index < -0.39 is 10.0 Å². The van der Waals surface area contributed by atoms with Crippen LogP contribution in [0.25, 0.3) is 109 Å². The molecule has 0 unspecified atom stereocenters. The lowest BCUT2D eigenvalue weighted by Gasteiger charge is -2.43. The van der Waals surface area contributed by atoms with Gasteiger partial charge in [0, 0.05) is 89.2 Å². The van der Waals surface area contributed by atoms with Crippen LogP contribution in [0.1, 0.15) is 0 Å². The second-order valence-corrected chi connectivity index (χ2v) is 28.0. The van der Waals surface area contributed by atoms with Crippen molar-refractivity contribution in [3.05, 3.63) is 231 Å². The van der Waals surface area contributed by atoms with Crippen molar-refractivity contribution >= 4 is 218 Å². The van der Waals surface area contributed by atoms with E-state index in [4.69, 9.17) is 0 Å². The number of hydrogen-bond acceptors (Lipinski definition) is 1. The second-order valence-electron chi connectivity index (χ2n) is 23.8. The lowest BCUT2D eigenvalue weighted by atomic mass is 9.58. The Hall–Kier alpha value is -8.54. The molecular formula is C72H58B10N2S2. The molecule has 12 aromatic carbocycles. The van der Waals surface area contributed by atoms with Crippen LogP contribution < -0.4 is 54.6 Å². The van der Waals surface area contributed by atoms with Crippen molar-refractivity contribution in [2.24, 2.45) is 0 Å². The average Bonchev–Trinajstić information content (AvgIpc) is 1.25. The summed E-state index contributed by atoms with van der Waals surface area (Å²) < 4.78 is 7.85. The van der Waals surface area contributed by atoms with E-state index in [1.54, 1.807) is 0 Å². The fraction of sp³-hybridized carbons (Fsp3) is 0. The van der Waals surface area contributed by atoms with E-state index in [-0.39, 0.29) is 0 Å². The molecule has 15 rings (SSSR count). The van der Waals surface area contributed by atoms with Crippen LogP contribution in [0.2, 0.25) is 0 Å². The van der Waals surface area contributed by atoms with E-state index in [9.17, 15) is 0 Å². The topological polar surface area (TPSA) is 9.86 Å². The monoisotopic (exact) mass is 1120 g/mol. The summed E-state index contributed by atoms with van der Waals surface area (Å²) in [6.45, 7) is 0. The summed E-state index contributed by atoms with van der Waals surface area (Å²) in [6.07, 6.45) is 0. The van der Waals surface area contributed by atoms with E-state index in [1.807, 2.05) is 11.3 Å². The summed E-state index contributed by atoms with van der Waals surface area (Å²) in [6, 6.07) is 87.6. The standard InChI is InChI=1S/C72H58B10N2S2/c73-60-58(61(74)65(78)68(81)64(60)77)52-37-43(86(40-18-4-1-5-19-40,41-20-6-2-7-21-41)42-22-8-3-9-23-42)38-53(59-62(75)66(79)69(82)67(80)63(59)76)71(52)84-55-32-14-11-25-45(55)51-36-39(34-35-56(51)84)83-54-31-13-10-24-44(54)47-27-16-28-48(70(47)83)50-30-17-29-49-46-26-12-15-33-57(46)85-72(49)50/h1-38H,73-82H2. The summed E-state index contributed by atoms with van der Waals surface area (Å²) in [5, 5.41) is 7.53. The SMILES string of the molecule is Bc1c(B)c(B)c(-c2cc(S(c3ccccc3)(c3ccccc3)c3ccccc3)cc(-c3c(B)c(B)c(B)c(B)c3B)c2-n2c3ccccc3c3cc(-n4c5ccccc5c5cccc(-c6cccc7c6sc6ccccc67)c54)ccc32)c(B)c1B.